The fourth-order valence-electron chi connectivity index (χ4n) is 2.30. The molecule has 4 heteroatoms. The van der Waals surface area contributed by atoms with Gasteiger partial charge in [-0.25, -0.2) is 0 Å². The summed E-state index contributed by atoms with van der Waals surface area (Å²) in [6.07, 6.45) is 9.73. The summed E-state index contributed by atoms with van der Waals surface area (Å²) in [5.41, 5.74) is 6.78. The quantitative estimate of drug-likeness (QED) is 0.728. The van der Waals surface area contributed by atoms with Crippen molar-refractivity contribution in [3.63, 3.8) is 0 Å². The fraction of sp³-hybridized carbons (Fsp3) is 0.636. The first-order valence-electron chi connectivity index (χ1n) is 5.53. The molecular weight excluding hydrogens is 231 g/mol. The number of rotatable bonds is 2. The highest BCUT2D eigenvalue weighted by Gasteiger charge is 2.17. The van der Waals surface area contributed by atoms with E-state index >= 15 is 0 Å². The molecule has 0 radical (unpaired) electrons. The van der Waals surface area contributed by atoms with E-state index < -0.39 is 0 Å². The maximum Gasteiger partial charge on any atom is 0.124 e. The van der Waals surface area contributed by atoms with Crippen molar-refractivity contribution in [3.05, 3.63) is 22.0 Å². The van der Waals surface area contributed by atoms with Gasteiger partial charge in [0.25, 0.3) is 0 Å². The molecule has 84 valence electrons. The number of hydrazine groups is 1. The third kappa shape index (κ3) is 3.05. The van der Waals surface area contributed by atoms with Gasteiger partial charge in [-0.1, -0.05) is 55.3 Å². The van der Waals surface area contributed by atoms with Crippen molar-refractivity contribution >= 4 is 23.2 Å². The van der Waals surface area contributed by atoms with E-state index in [0.29, 0.717) is 10.3 Å². The average Bonchev–Trinajstić information content (AvgIpc) is 2.25. The highest BCUT2D eigenvalue weighted by molar-refractivity contribution is 6.32. The van der Waals surface area contributed by atoms with Crippen LogP contribution in [-0.2, 0) is 0 Å². The lowest BCUT2D eigenvalue weighted by Crippen LogP contribution is -2.30. The van der Waals surface area contributed by atoms with Crippen molar-refractivity contribution in [1.29, 1.82) is 0 Å². The standard InChI is InChI=1S/C11H16Cl2N2/c12-10-7-9(11(13)15-14-10)6-8-4-2-1-3-5-8/h7-8,14-15H,1-6H2. The lowest BCUT2D eigenvalue weighted by molar-refractivity contribution is 0.356. The van der Waals surface area contributed by atoms with Gasteiger partial charge in [-0.15, -0.1) is 0 Å². The molecule has 0 atom stereocenters. The molecule has 0 saturated heterocycles. The Kier molecular flexibility index (Phi) is 3.81. The highest BCUT2D eigenvalue weighted by Crippen LogP contribution is 2.31. The molecule has 15 heavy (non-hydrogen) atoms. The summed E-state index contributed by atoms with van der Waals surface area (Å²) in [5, 5.41) is 1.30. The predicted molar refractivity (Wildman–Crippen MR) is 64.3 cm³/mol. The summed E-state index contributed by atoms with van der Waals surface area (Å²) in [4.78, 5) is 0. The van der Waals surface area contributed by atoms with Gasteiger partial charge in [0.1, 0.15) is 10.3 Å². The molecule has 2 nitrogen and oxygen atoms in total. The predicted octanol–water partition coefficient (Wildman–Crippen LogP) is 3.60. The maximum atomic E-state index is 6.07. The van der Waals surface area contributed by atoms with E-state index in [2.05, 4.69) is 10.9 Å². The molecule has 2 rings (SSSR count). The van der Waals surface area contributed by atoms with E-state index in [1.54, 1.807) is 0 Å². The van der Waals surface area contributed by atoms with Crippen molar-refractivity contribution in [3.8, 4) is 0 Å². The van der Waals surface area contributed by atoms with Crippen molar-refractivity contribution in [1.82, 2.24) is 10.9 Å². The molecule has 0 unspecified atom stereocenters. The lowest BCUT2D eigenvalue weighted by Gasteiger charge is -2.24. The van der Waals surface area contributed by atoms with Crippen molar-refractivity contribution in [2.45, 2.75) is 38.5 Å². The minimum atomic E-state index is 0.616. The van der Waals surface area contributed by atoms with E-state index in [1.165, 1.54) is 32.1 Å². The van der Waals surface area contributed by atoms with Gasteiger partial charge in [-0.3, -0.25) is 10.9 Å². The van der Waals surface area contributed by atoms with Crippen LogP contribution in [0.3, 0.4) is 0 Å². The molecule has 1 aliphatic carbocycles. The van der Waals surface area contributed by atoms with Crippen LogP contribution >= 0.6 is 23.2 Å². The number of allylic oxidation sites excluding steroid dienone is 2. The van der Waals surface area contributed by atoms with Crippen molar-refractivity contribution in [2.24, 2.45) is 5.92 Å². The molecule has 1 aliphatic heterocycles. The van der Waals surface area contributed by atoms with Crippen LogP contribution in [0.15, 0.2) is 22.0 Å². The van der Waals surface area contributed by atoms with Gasteiger partial charge in [0.05, 0.1) is 0 Å². The molecule has 0 aromatic heterocycles. The molecule has 1 fully saturated rings. The van der Waals surface area contributed by atoms with Crippen LogP contribution < -0.4 is 10.9 Å². The number of nitrogens with one attached hydrogen (secondary N) is 2. The zero-order valence-corrected chi connectivity index (χ0v) is 10.2. The summed E-state index contributed by atoms with van der Waals surface area (Å²) in [7, 11) is 0. The largest absolute Gasteiger partial charge is 0.289 e. The Hall–Kier alpha value is -0.340. The average molecular weight is 247 g/mol. The molecule has 2 N–H and O–H groups in total. The first-order valence-corrected chi connectivity index (χ1v) is 6.29. The normalized spacial score (nSPS) is 23.2. The maximum absolute atomic E-state index is 6.07. The van der Waals surface area contributed by atoms with Crippen LogP contribution in [0.5, 0.6) is 0 Å². The number of hydrogen-bond acceptors (Lipinski definition) is 2. The van der Waals surface area contributed by atoms with E-state index in [4.69, 9.17) is 23.2 Å². The van der Waals surface area contributed by atoms with E-state index in [0.717, 1.165) is 17.9 Å². The van der Waals surface area contributed by atoms with Crippen LogP contribution in [0.4, 0.5) is 0 Å². The molecule has 0 bridgehead atoms. The lowest BCUT2D eigenvalue weighted by atomic mass is 9.85. The Labute approximate surface area is 101 Å². The first-order chi connectivity index (χ1) is 7.25. The SMILES string of the molecule is ClC1=CC(CC2CCCCC2)=C(Cl)NN1. The van der Waals surface area contributed by atoms with Gasteiger partial charge < -0.3 is 0 Å². The Morgan fingerprint density at radius 3 is 2.60 bits per heavy atom. The van der Waals surface area contributed by atoms with Crippen LogP contribution in [0, 0.1) is 5.92 Å². The van der Waals surface area contributed by atoms with Gasteiger partial charge in [0, 0.05) is 0 Å². The molecule has 0 spiro atoms. The Bertz CT molecular complexity index is 291. The van der Waals surface area contributed by atoms with Crippen LogP contribution in [-0.4, -0.2) is 0 Å². The zero-order valence-electron chi connectivity index (χ0n) is 8.65. The smallest absolute Gasteiger partial charge is 0.124 e. The Morgan fingerprint density at radius 2 is 1.87 bits per heavy atom. The van der Waals surface area contributed by atoms with E-state index in [9.17, 15) is 0 Å². The van der Waals surface area contributed by atoms with Crippen LogP contribution in [0.1, 0.15) is 38.5 Å². The molecule has 1 heterocycles. The third-order valence-electron chi connectivity index (χ3n) is 3.11. The Morgan fingerprint density at radius 1 is 1.13 bits per heavy atom. The topological polar surface area (TPSA) is 24.1 Å². The van der Waals surface area contributed by atoms with Crippen molar-refractivity contribution < 1.29 is 0 Å². The zero-order chi connectivity index (χ0) is 10.7. The first kappa shape index (κ1) is 11.2. The second-order valence-electron chi connectivity index (χ2n) is 4.29. The number of hydrogen-bond donors (Lipinski definition) is 2. The molecule has 0 amide bonds. The highest BCUT2D eigenvalue weighted by atomic mass is 35.5. The van der Waals surface area contributed by atoms with Gasteiger partial charge in [-0.05, 0) is 24.0 Å². The second-order valence-corrected chi connectivity index (χ2v) is 5.07. The van der Waals surface area contributed by atoms with Gasteiger partial charge in [0.15, 0.2) is 0 Å². The number of halogens is 2. The minimum Gasteiger partial charge on any atom is -0.289 e. The molecule has 2 aliphatic rings. The monoisotopic (exact) mass is 246 g/mol. The van der Waals surface area contributed by atoms with E-state index in [1.807, 2.05) is 6.08 Å². The summed E-state index contributed by atoms with van der Waals surface area (Å²) < 4.78 is 0. The van der Waals surface area contributed by atoms with Crippen molar-refractivity contribution in [2.75, 3.05) is 0 Å². The molecule has 0 aromatic rings. The van der Waals surface area contributed by atoms with Gasteiger partial charge >= 0.3 is 0 Å². The van der Waals surface area contributed by atoms with Gasteiger partial charge in [-0.2, -0.15) is 0 Å². The van der Waals surface area contributed by atoms with E-state index in [-0.39, 0.29) is 0 Å². The second kappa shape index (κ2) is 5.13. The van der Waals surface area contributed by atoms with Crippen LogP contribution in [0.25, 0.3) is 0 Å². The summed E-state index contributed by atoms with van der Waals surface area (Å²) in [6, 6.07) is 0. The fourth-order valence-corrected chi connectivity index (χ4v) is 2.66. The minimum absolute atomic E-state index is 0.616. The third-order valence-corrected chi connectivity index (χ3v) is 3.65. The summed E-state index contributed by atoms with van der Waals surface area (Å²) >= 11 is 12.0. The summed E-state index contributed by atoms with van der Waals surface area (Å²) in [5.74, 6) is 0.781. The molecule has 1 saturated carbocycles. The van der Waals surface area contributed by atoms with Gasteiger partial charge in [0.2, 0.25) is 0 Å². The van der Waals surface area contributed by atoms with Crippen LogP contribution in [0.2, 0.25) is 0 Å². The summed E-state index contributed by atoms with van der Waals surface area (Å²) in [6.45, 7) is 0. The Balaban J connectivity index is 1.97. The molecular formula is C11H16Cl2N2. The molecule has 0 aromatic carbocycles.